The minimum atomic E-state index is -0.673. The maximum atomic E-state index is 12.1. The van der Waals surface area contributed by atoms with Gasteiger partial charge in [0.2, 0.25) is 0 Å². The summed E-state index contributed by atoms with van der Waals surface area (Å²) in [5, 5.41) is 9.93. The fourth-order valence-electron chi connectivity index (χ4n) is 5.39. The summed E-state index contributed by atoms with van der Waals surface area (Å²) in [4.78, 5) is 14.3. The molecule has 1 aromatic carbocycles. The van der Waals surface area contributed by atoms with Crippen molar-refractivity contribution in [1.82, 2.24) is 0 Å². The number of hydrogen-bond donors (Lipinski definition) is 1. The predicted molar refractivity (Wildman–Crippen MR) is 89.9 cm³/mol. The zero-order valence-corrected chi connectivity index (χ0v) is 13.3. The first-order valence-electron chi connectivity index (χ1n) is 8.62. The molecular formula is C20H21NO2. The van der Waals surface area contributed by atoms with Gasteiger partial charge in [0.1, 0.15) is 6.04 Å². The molecule has 0 saturated heterocycles. The normalized spacial score (nSPS) is 35.9. The predicted octanol–water partition coefficient (Wildman–Crippen LogP) is 3.60. The van der Waals surface area contributed by atoms with Crippen molar-refractivity contribution >= 4 is 11.7 Å². The number of benzene rings is 1. The van der Waals surface area contributed by atoms with Crippen LogP contribution in [0.1, 0.15) is 41.4 Å². The molecule has 0 spiro atoms. The third kappa shape index (κ3) is 1.68. The maximum Gasteiger partial charge on any atom is 0.326 e. The molecule has 3 heteroatoms. The zero-order valence-electron chi connectivity index (χ0n) is 13.3. The fourth-order valence-corrected chi connectivity index (χ4v) is 5.39. The first-order chi connectivity index (χ1) is 11.1. The summed E-state index contributed by atoms with van der Waals surface area (Å²) in [7, 11) is 0. The minimum Gasteiger partial charge on any atom is -0.480 e. The molecule has 0 amide bonds. The van der Waals surface area contributed by atoms with Crippen LogP contribution in [0.15, 0.2) is 36.4 Å². The van der Waals surface area contributed by atoms with Crippen LogP contribution in [0.3, 0.4) is 0 Å². The van der Waals surface area contributed by atoms with Crippen molar-refractivity contribution in [2.24, 2.45) is 11.8 Å². The minimum absolute atomic E-state index is 0.112. The van der Waals surface area contributed by atoms with E-state index in [4.69, 9.17) is 0 Å². The van der Waals surface area contributed by atoms with Crippen LogP contribution in [0.25, 0.3) is 0 Å². The molecule has 0 fully saturated rings. The second-order valence-electron chi connectivity index (χ2n) is 7.52. The lowest BCUT2D eigenvalue weighted by Crippen LogP contribution is -2.54. The average Bonchev–Trinajstić information content (AvgIpc) is 3.15. The molecule has 1 N–H and O–H groups in total. The number of fused-ring (bicyclic) bond motifs is 4. The summed E-state index contributed by atoms with van der Waals surface area (Å²) in [5.74, 6) is 0.776. The Morgan fingerprint density at radius 3 is 2.78 bits per heavy atom. The Balaban J connectivity index is 1.77. The molecule has 1 aromatic rings. The summed E-state index contributed by atoms with van der Waals surface area (Å²) >= 11 is 0. The zero-order chi connectivity index (χ0) is 15.7. The summed E-state index contributed by atoms with van der Waals surface area (Å²) in [6, 6.07) is 4.18. The summed E-state index contributed by atoms with van der Waals surface area (Å²) in [5.41, 5.74) is 5.28. The second kappa shape index (κ2) is 4.50. The van der Waals surface area contributed by atoms with Crippen LogP contribution in [0.4, 0.5) is 5.69 Å². The molecule has 0 bridgehead atoms. The van der Waals surface area contributed by atoms with Gasteiger partial charge in [-0.2, -0.15) is 0 Å². The largest absolute Gasteiger partial charge is 0.480 e. The molecule has 5 unspecified atom stereocenters. The first kappa shape index (κ1) is 13.4. The van der Waals surface area contributed by atoms with E-state index in [-0.39, 0.29) is 5.92 Å². The Bertz CT molecular complexity index is 763. The van der Waals surface area contributed by atoms with E-state index in [1.54, 1.807) is 0 Å². The van der Waals surface area contributed by atoms with E-state index in [0.717, 1.165) is 19.4 Å². The molecule has 4 aliphatic rings. The molecule has 0 aromatic heterocycles. The molecule has 2 heterocycles. The van der Waals surface area contributed by atoms with Gasteiger partial charge in [-0.25, -0.2) is 4.79 Å². The Hall–Kier alpha value is -2.03. The lowest BCUT2D eigenvalue weighted by molar-refractivity contribution is -0.140. The standard InChI is InChI=1S/C20H21NO2/c1-11-8-16-13-5-2-4-12(13)10-21-18(16)17(9-11)14-6-3-7-15(14)19(21)20(22)23/h2-3,5,7-9,12-15,19H,4,6,10H2,1H3,(H,22,23). The molecule has 3 nitrogen and oxygen atoms in total. The van der Waals surface area contributed by atoms with Crippen molar-refractivity contribution in [3.63, 3.8) is 0 Å². The molecule has 2 aliphatic heterocycles. The fraction of sp³-hybridized carbons (Fsp3) is 0.450. The van der Waals surface area contributed by atoms with Crippen molar-refractivity contribution in [3.8, 4) is 0 Å². The van der Waals surface area contributed by atoms with E-state index >= 15 is 0 Å². The van der Waals surface area contributed by atoms with Crippen molar-refractivity contribution in [2.75, 3.05) is 11.4 Å². The maximum absolute atomic E-state index is 12.1. The van der Waals surface area contributed by atoms with Gasteiger partial charge in [0.15, 0.2) is 0 Å². The number of aryl methyl sites for hydroxylation is 1. The van der Waals surface area contributed by atoms with Crippen molar-refractivity contribution in [3.05, 3.63) is 53.1 Å². The van der Waals surface area contributed by atoms with Gasteiger partial charge in [-0.1, -0.05) is 42.0 Å². The van der Waals surface area contributed by atoms with Gasteiger partial charge in [0.05, 0.1) is 0 Å². The van der Waals surface area contributed by atoms with Crippen molar-refractivity contribution < 1.29 is 9.90 Å². The summed E-state index contributed by atoms with van der Waals surface area (Å²) in [6.07, 6.45) is 11.0. The van der Waals surface area contributed by atoms with Crippen LogP contribution < -0.4 is 4.90 Å². The van der Waals surface area contributed by atoms with Crippen LogP contribution >= 0.6 is 0 Å². The highest BCUT2D eigenvalue weighted by Gasteiger charge is 2.49. The Morgan fingerprint density at radius 1 is 1.17 bits per heavy atom. The monoisotopic (exact) mass is 307 g/mol. The van der Waals surface area contributed by atoms with E-state index in [1.165, 1.54) is 22.4 Å². The number of anilines is 1. The highest BCUT2D eigenvalue weighted by atomic mass is 16.4. The van der Waals surface area contributed by atoms with E-state index in [1.807, 2.05) is 0 Å². The Labute approximate surface area is 136 Å². The van der Waals surface area contributed by atoms with Gasteiger partial charge in [-0.05, 0) is 42.7 Å². The van der Waals surface area contributed by atoms with E-state index < -0.39 is 12.0 Å². The molecule has 0 saturated carbocycles. The third-order valence-corrected chi connectivity index (χ3v) is 6.25. The van der Waals surface area contributed by atoms with Gasteiger partial charge < -0.3 is 10.0 Å². The van der Waals surface area contributed by atoms with Crippen LogP contribution in [0, 0.1) is 18.8 Å². The molecule has 118 valence electrons. The number of carbonyl (C=O) groups is 1. The number of hydrogen-bond acceptors (Lipinski definition) is 2. The van der Waals surface area contributed by atoms with Gasteiger partial charge in [0.25, 0.3) is 0 Å². The average molecular weight is 307 g/mol. The highest BCUT2D eigenvalue weighted by molar-refractivity contribution is 5.84. The van der Waals surface area contributed by atoms with Crippen molar-refractivity contribution in [1.29, 1.82) is 0 Å². The molecule has 0 radical (unpaired) electrons. The Kier molecular flexibility index (Phi) is 2.62. The van der Waals surface area contributed by atoms with Crippen LogP contribution in [-0.4, -0.2) is 23.7 Å². The SMILES string of the molecule is Cc1cc2c3c(c1)C1CC=CC1C(C(=O)O)N3CC1CC=CC21. The molecule has 23 heavy (non-hydrogen) atoms. The highest BCUT2D eigenvalue weighted by Crippen LogP contribution is 2.55. The second-order valence-corrected chi connectivity index (χ2v) is 7.52. The smallest absolute Gasteiger partial charge is 0.326 e. The summed E-state index contributed by atoms with van der Waals surface area (Å²) < 4.78 is 0. The number of carboxylic acids is 1. The lowest BCUT2D eigenvalue weighted by Gasteiger charge is -2.49. The van der Waals surface area contributed by atoms with Gasteiger partial charge in [0, 0.05) is 24.1 Å². The quantitative estimate of drug-likeness (QED) is 0.806. The number of carboxylic acid groups (broad SMARTS) is 1. The van der Waals surface area contributed by atoms with Gasteiger partial charge in [-0.15, -0.1) is 0 Å². The van der Waals surface area contributed by atoms with Gasteiger partial charge in [-0.3, -0.25) is 0 Å². The van der Waals surface area contributed by atoms with Crippen LogP contribution in [-0.2, 0) is 4.79 Å². The summed E-state index contributed by atoms with van der Waals surface area (Å²) in [6.45, 7) is 3.04. The van der Waals surface area contributed by atoms with Gasteiger partial charge >= 0.3 is 5.97 Å². The molecule has 2 aliphatic carbocycles. The third-order valence-electron chi connectivity index (χ3n) is 6.25. The number of nitrogens with zero attached hydrogens (tertiary/aromatic N) is 1. The topological polar surface area (TPSA) is 40.5 Å². The van der Waals surface area contributed by atoms with Crippen molar-refractivity contribution in [2.45, 2.75) is 37.6 Å². The van der Waals surface area contributed by atoms with E-state index in [2.05, 4.69) is 48.3 Å². The number of rotatable bonds is 1. The van der Waals surface area contributed by atoms with Crippen LogP contribution in [0.2, 0.25) is 0 Å². The number of aliphatic carboxylic acids is 1. The first-order valence-corrected chi connectivity index (χ1v) is 8.62. The lowest BCUT2D eigenvalue weighted by atomic mass is 9.71. The van der Waals surface area contributed by atoms with Crippen LogP contribution in [0.5, 0.6) is 0 Å². The number of allylic oxidation sites excluding steroid dienone is 3. The molecular weight excluding hydrogens is 286 g/mol. The molecule has 5 rings (SSSR count). The van der Waals surface area contributed by atoms with E-state index in [9.17, 15) is 9.90 Å². The molecule has 5 atom stereocenters. The van der Waals surface area contributed by atoms with E-state index in [0.29, 0.717) is 17.8 Å². The Morgan fingerprint density at radius 2 is 1.96 bits per heavy atom.